The van der Waals surface area contributed by atoms with Crippen LogP contribution in [0.1, 0.15) is 10.4 Å². The van der Waals surface area contributed by atoms with Gasteiger partial charge in [0.2, 0.25) is 0 Å². The van der Waals surface area contributed by atoms with Gasteiger partial charge in [0.15, 0.2) is 0 Å². The van der Waals surface area contributed by atoms with E-state index < -0.39 is 18.9 Å². The summed E-state index contributed by atoms with van der Waals surface area (Å²) in [6, 6.07) is 0. The van der Waals surface area contributed by atoms with Crippen LogP contribution in [0.3, 0.4) is 0 Å². The quantitative estimate of drug-likeness (QED) is 0.832. The molecule has 1 N–H and O–H groups in total. The van der Waals surface area contributed by atoms with Crippen molar-refractivity contribution in [3.05, 3.63) is 18.0 Å². The predicted molar refractivity (Wildman–Crippen MR) is 41.2 cm³/mol. The van der Waals surface area contributed by atoms with E-state index >= 15 is 0 Å². The first-order chi connectivity index (χ1) is 6.88. The number of halogens is 3. The number of hydrogen-bond acceptors (Lipinski definition) is 3. The topological polar surface area (TPSA) is 64.3 Å². The van der Waals surface area contributed by atoms with E-state index in [-0.39, 0.29) is 12.1 Å². The maximum atomic E-state index is 11.5. The Morgan fingerprint density at radius 1 is 1.60 bits per heavy atom. The third kappa shape index (κ3) is 3.98. The fraction of sp³-hybridized carbons (Fsp3) is 0.429. The summed E-state index contributed by atoms with van der Waals surface area (Å²) >= 11 is 0. The lowest BCUT2D eigenvalue weighted by Crippen LogP contribution is -2.17. The van der Waals surface area contributed by atoms with Gasteiger partial charge in [0.1, 0.15) is 0 Å². The summed E-state index contributed by atoms with van der Waals surface area (Å²) < 4.78 is 39.2. The van der Waals surface area contributed by atoms with Crippen molar-refractivity contribution >= 4 is 5.97 Å². The van der Waals surface area contributed by atoms with E-state index in [1.807, 2.05) is 0 Å². The SMILES string of the molecule is O=C(O)c1cnn(CCOC(F)(F)F)c1. The van der Waals surface area contributed by atoms with Gasteiger partial charge in [0.05, 0.1) is 24.9 Å². The highest BCUT2D eigenvalue weighted by atomic mass is 19.4. The Bertz CT molecular complexity index is 347. The lowest BCUT2D eigenvalue weighted by Gasteiger charge is -2.06. The Morgan fingerprint density at radius 3 is 2.73 bits per heavy atom. The van der Waals surface area contributed by atoms with Crippen molar-refractivity contribution in [1.82, 2.24) is 9.78 Å². The Morgan fingerprint density at radius 2 is 2.27 bits per heavy atom. The number of aromatic nitrogens is 2. The van der Waals surface area contributed by atoms with Gasteiger partial charge in [-0.05, 0) is 0 Å². The van der Waals surface area contributed by atoms with Crippen LogP contribution < -0.4 is 0 Å². The molecule has 15 heavy (non-hydrogen) atoms. The number of ether oxygens (including phenoxy) is 1. The van der Waals surface area contributed by atoms with Crippen LogP contribution in [-0.2, 0) is 11.3 Å². The largest absolute Gasteiger partial charge is 0.522 e. The summed E-state index contributed by atoms with van der Waals surface area (Å²) in [6.07, 6.45) is -2.50. The molecule has 0 atom stereocenters. The minimum absolute atomic E-state index is 0.0815. The smallest absolute Gasteiger partial charge is 0.478 e. The van der Waals surface area contributed by atoms with Crippen molar-refractivity contribution in [3.8, 4) is 0 Å². The third-order valence-corrected chi connectivity index (χ3v) is 1.47. The monoisotopic (exact) mass is 224 g/mol. The van der Waals surface area contributed by atoms with Gasteiger partial charge in [-0.15, -0.1) is 13.2 Å². The van der Waals surface area contributed by atoms with Crippen LogP contribution >= 0.6 is 0 Å². The first-order valence-electron chi connectivity index (χ1n) is 3.85. The van der Waals surface area contributed by atoms with E-state index in [4.69, 9.17) is 5.11 Å². The molecule has 0 saturated heterocycles. The van der Waals surface area contributed by atoms with E-state index in [1.54, 1.807) is 0 Å². The van der Waals surface area contributed by atoms with Crippen LogP contribution in [0, 0.1) is 0 Å². The number of alkyl halides is 3. The van der Waals surface area contributed by atoms with Gasteiger partial charge in [0, 0.05) is 6.20 Å². The van der Waals surface area contributed by atoms with Crippen molar-refractivity contribution in [2.75, 3.05) is 6.61 Å². The fourth-order valence-electron chi connectivity index (χ4n) is 0.851. The van der Waals surface area contributed by atoms with Gasteiger partial charge < -0.3 is 5.11 Å². The molecule has 0 amide bonds. The van der Waals surface area contributed by atoms with Crippen LogP contribution in [-0.4, -0.2) is 33.8 Å². The van der Waals surface area contributed by atoms with E-state index in [2.05, 4.69) is 9.84 Å². The van der Waals surface area contributed by atoms with Crippen LogP contribution in [0.15, 0.2) is 12.4 Å². The molecule has 0 spiro atoms. The van der Waals surface area contributed by atoms with E-state index in [1.165, 1.54) is 0 Å². The maximum Gasteiger partial charge on any atom is 0.522 e. The van der Waals surface area contributed by atoms with Gasteiger partial charge >= 0.3 is 12.3 Å². The molecule has 84 valence electrons. The maximum absolute atomic E-state index is 11.5. The van der Waals surface area contributed by atoms with Crippen molar-refractivity contribution in [1.29, 1.82) is 0 Å². The number of hydrogen-bond donors (Lipinski definition) is 1. The average Bonchev–Trinajstić information content (AvgIpc) is 2.50. The summed E-state index contributed by atoms with van der Waals surface area (Å²) in [6.45, 7) is -0.767. The Labute approximate surface area is 82.1 Å². The van der Waals surface area contributed by atoms with E-state index in [0.717, 1.165) is 17.1 Å². The normalized spacial score (nSPS) is 11.7. The van der Waals surface area contributed by atoms with Gasteiger partial charge in [0.25, 0.3) is 0 Å². The van der Waals surface area contributed by atoms with Gasteiger partial charge in [-0.3, -0.25) is 9.42 Å². The molecule has 1 rings (SSSR count). The first kappa shape index (κ1) is 11.5. The molecule has 0 aliphatic rings. The molecule has 1 aromatic heterocycles. The molecule has 0 unspecified atom stereocenters. The Balaban J connectivity index is 2.41. The predicted octanol–water partition coefficient (Wildman–Crippen LogP) is 1.12. The molecule has 0 aromatic carbocycles. The average molecular weight is 224 g/mol. The molecule has 0 saturated carbocycles. The molecule has 5 nitrogen and oxygen atoms in total. The molecule has 1 aromatic rings. The summed E-state index contributed by atoms with van der Waals surface area (Å²) in [5, 5.41) is 12.0. The number of carbonyl (C=O) groups is 1. The minimum atomic E-state index is -4.68. The molecule has 0 fully saturated rings. The van der Waals surface area contributed by atoms with Crippen LogP contribution in [0.5, 0.6) is 0 Å². The lowest BCUT2D eigenvalue weighted by atomic mass is 10.4. The first-order valence-corrected chi connectivity index (χ1v) is 3.85. The second kappa shape index (κ2) is 4.30. The zero-order valence-electron chi connectivity index (χ0n) is 7.36. The number of carboxylic acids is 1. The summed E-state index contributed by atoms with van der Waals surface area (Å²) in [4.78, 5) is 10.4. The van der Waals surface area contributed by atoms with Crippen LogP contribution in [0.2, 0.25) is 0 Å². The van der Waals surface area contributed by atoms with Crippen molar-refractivity contribution in [2.45, 2.75) is 12.9 Å². The lowest BCUT2D eigenvalue weighted by molar-refractivity contribution is -0.325. The Hall–Kier alpha value is -1.57. The van der Waals surface area contributed by atoms with Gasteiger partial charge in [-0.2, -0.15) is 5.10 Å². The zero-order chi connectivity index (χ0) is 11.5. The van der Waals surface area contributed by atoms with E-state index in [0.29, 0.717) is 0 Å². The molecule has 0 aliphatic carbocycles. The Kier molecular flexibility index (Phi) is 3.30. The van der Waals surface area contributed by atoms with Crippen molar-refractivity contribution < 1.29 is 27.8 Å². The number of rotatable bonds is 4. The summed E-state index contributed by atoms with van der Waals surface area (Å²) in [5.74, 6) is -1.18. The van der Waals surface area contributed by atoms with Crippen LogP contribution in [0.25, 0.3) is 0 Å². The molecule has 8 heteroatoms. The molecule has 0 radical (unpaired) electrons. The highest BCUT2D eigenvalue weighted by Gasteiger charge is 2.28. The van der Waals surface area contributed by atoms with Gasteiger partial charge in [-0.1, -0.05) is 0 Å². The van der Waals surface area contributed by atoms with Crippen molar-refractivity contribution in [3.63, 3.8) is 0 Å². The van der Waals surface area contributed by atoms with E-state index in [9.17, 15) is 18.0 Å². The van der Waals surface area contributed by atoms with Crippen molar-refractivity contribution in [2.24, 2.45) is 0 Å². The second-order valence-electron chi connectivity index (χ2n) is 2.59. The zero-order valence-corrected chi connectivity index (χ0v) is 7.36. The molecular weight excluding hydrogens is 217 g/mol. The highest BCUT2D eigenvalue weighted by molar-refractivity contribution is 5.86. The third-order valence-electron chi connectivity index (χ3n) is 1.47. The number of aromatic carboxylic acids is 1. The molecular formula is C7H7F3N2O3. The summed E-state index contributed by atoms with van der Waals surface area (Å²) in [7, 11) is 0. The number of carboxylic acid groups (broad SMARTS) is 1. The highest BCUT2D eigenvalue weighted by Crippen LogP contribution is 2.15. The number of nitrogens with zero attached hydrogens (tertiary/aromatic N) is 2. The standard InChI is InChI=1S/C7H7F3N2O3/c8-7(9,10)15-2-1-12-4-5(3-11-12)6(13)14/h3-4H,1-2H2,(H,13,14). The molecule has 1 heterocycles. The molecule has 0 bridgehead atoms. The minimum Gasteiger partial charge on any atom is -0.478 e. The fourth-order valence-corrected chi connectivity index (χ4v) is 0.851. The van der Waals surface area contributed by atoms with Crippen LogP contribution in [0.4, 0.5) is 13.2 Å². The second-order valence-corrected chi connectivity index (χ2v) is 2.59. The summed E-state index contributed by atoms with van der Waals surface area (Å²) in [5.41, 5.74) is -0.0815. The van der Waals surface area contributed by atoms with Gasteiger partial charge in [-0.25, -0.2) is 4.79 Å². The molecule has 0 aliphatic heterocycles.